The number of rotatable bonds is 2. The number of hydrogen-bond donors (Lipinski definition) is 0. The number of hydrogen-bond acceptors (Lipinski definition) is 0. The second-order valence-corrected chi connectivity index (χ2v) is 5.29. The van der Waals surface area contributed by atoms with Crippen LogP contribution in [0.25, 0.3) is 0 Å². The van der Waals surface area contributed by atoms with Crippen LogP contribution in [0, 0.1) is 5.41 Å². The zero-order chi connectivity index (χ0) is 9.90. The molecule has 0 saturated heterocycles. The molecule has 0 saturated carbocycles. The molecule has 1 aliphatic carbocycles. The van der Waals surface area contributed by atoms with E-state index in [2.05, 4.69) is 39.8 Å². The summed E-state index contributed by atoms with van der Waals surface area (Å²) < 4.78 is 0. The van der Waals surface area contributed by atoms with Crippen LogP contribution in [-0.2, 0) is 0 Å². The van der Waals surface area contributed by atoms with Crippen molar-refractivity contribution in [2.24, 2.45) is 5.41 Å². The van der Waals surface area contributed by atoms with Gasteiger partial charge in [0.2, 0.25) is 0 Å². The highest BCUT2D eigenvalue weighted by atomic mass is 14.1. The average molecular weight is 178 g/mol. The lowest BCUT2D eigenvalue weighted by molar-refractivity contribution is 0.538. The molecule has 13 heavy (non-hydrogen) atoms. The topological polar surface area (TPSA) is 0 Å². The molecule has 0 amide bonds. The predicted molar refractivity (Wildman–Crippen MR) is 59.8 cm³/mol. The molecule has 0 nitrogen and oxygen atoms in total. The van der Waals surface area contributed by atoms with Gasteiger partial charge in [0.25, 0.3) is 0 Å². The molecular weight excluding hydrogens is 156 g/mol. The Bertz CT molecular complexity index is 223. The third-order valence-electron chi connectivity index (χ3n) is 2.32. The lowest BCUT2D eigenvalue weighted by Gasteiger charge is -2.14. The van der Waals surface area contributed by atoms with Gasteiger partial charge in [0.15, 0.2) is 0 Å². The lowest BCUT2D eigenvalue weighted by atomic mass is 9.92. The first-order valence-electron chi connectivity index (χ1n) is 5.33. The number of allylic oxidation sites excluding steroid dienone is 4. The minimum atomic E-state index is 0.337. The van der Waals surface area contributed by atoms with Crippen LogP contribution in [0.4, 0.5) is 0 Å². The molecule has 0 atom stereocenters. The van der Waals surface area contributed by atoms with Crippen molar-refractivity contribution in [3.05, 3.63) is 23.3 Å². The Hall–Kier alpha value is -0.520. The van der Waals surface area contributed by atoms with Gasteiger partial charge >= 0.3 is 0 Å². The molecule has 0 spiro atoms. The fourth-order valence-corrected chi connectivity index (χ4v) is 2.05. The molecule has 0 radical (unpaired) electrons. The molecule has 0 aromatic rings. The molecule has 1 aliphatic rings. The standard InChI is InChI=1S/C13H22/c1-11(10-13(2,3)4)9-12-7-5-6-8-12/h7,10H,5-6,8-9H2,1-4H3. The molecule has 74 valence electrons. The highest BCUT2D eigenvalue weighted by Gasteiger charge is 2.09. The fourth-order valence-electron chi connectivity index (χ4n) is 2.05. The summed E-state index contributed by atoms with van der Waals surface area (Å²) in [5.74, 6) is 0. The molecule has 0 aromatic heterocycles. The quantitative estimate of drug-likeness (QED) is 0.547. The van der Waals surface area contributed by atoms with Crippen LogP contribution in [-0.4, -0.2) is 0 Å². The van der Waals surface area contributed by atoms with Gasteiger partial charge in [0.05, 0.1) is 0 Å². The molecule has 0 aromatic carbocycles. The molecule has 0 heteroatoms. The van der Waals surface area contributed by atoms with Crippen LogP contribution in [0.2, 0.25) is 0 Å². The zero-order valence-corrected chi connectivity index (χ0v) is 9.48. The van der Waals surface area contributed by atoms with Gasteiger partial charge in [-0.15, -0.1) is 0 Å². The van der Waals surface area contributed by atoms with Crippen molar-refractivity contribution in [3.8, 4) is 0 Å². The molecule has 0 unspecified atom stereocenters. The van der Waals surface area contributed by atoms with E-state index in [-0.39, 0.29) is 0 Å². The smallest absolute Gasteiger partial charge is 0.0111 e. The summed E-state index contributed by atoms with van der Waals surface area (Å²) in [6.07, 6.45) is 10.0. The first-order chi connectivity index (χ1) is 5.97. The Labute approximate surface area is 82.7 Å². The van der Waals surface area contributed by atoms with Crippen molar-refractivity contribution in [2.45, 2.75) is 53.4 Å². The molecule has 0 fully saturated rings. The Kier molecular flexibility index (Phi) is 3.35. The Morgan fingerprint density at radius 2 is 2.15 bits per heavy atom. The molecule has 0 aliphatic heterocycles. The largest absolute Gasteiger partial charge is 0.0850 e. The maximum Gasteiger partial charge on any atom is -0.0111 e. The maximum atomic E-state index is 2.42. The summed E-state index contributed by atoms with van der Waals surface area (Å²) in [5.41, 5.74) is 3.52. The normalized spacial score (nSPS) is 19.1. The van der Waals surface area contributed by atoms with Crippen LogP contribution in [0.5, 0.6) is 0 Å². The monoisotopic (exact) mass is 178 g/mol. The van der Waals surface area contributed by atoms with Crippen LogP contribution in [0.15, 0.2) is 23.3 Å². The van der Waals surface area contributed by atoms with Crippen LogP contribution < -0.4 is 0 Å². The van der Waals surface area contributed by atoms with Crippen molar-refractivity contribution < 1.29 is 0 Å². The third kappa shape index (κ3) is 4.31. The van der Waals surface area contributed by atoms with Crippen LogP contribution >= 0.6 is 0 Å². The molecule has 0 heterocycles. The molecule has 0 N–H and O–H groups in total. The van der Waals surface area contributed by atoms with Gasteiger partial charge in [-0.2, -0.15) is 0 Å². The predicted octanol–water partition coefficient (Wildman–Crippen LogP) is 4.48. The van der Waals surface area contributed by atoms with Gasteiger partial charge < -0.3 is 0 Å². The third-order valence-corrected chi connectivity index (χ3v) is 2.32. The Balaban J connectivity index is 2.49. The molecule has 0 bridgehead atoms. The average Bonchev–Trinajstić information content (AvgIpc) is 2.34. The first kappa shape index (κ1) is 10.6. The van der Waals surface area contributed by atoms with Gasteiger partial charge in [-0.3, -0.25) is 0 Å². The Morgan fingerprint density at radius 1 is 1.46 bits per heavy atom. The lowest BCUT2D eigenvalue weighted by Crippen LogP contribution is -2.00. The van der Waals surface area contributed by atoms with E-state index in [1.807, 2.05) is 0 Å². The van der Waals surface area contributed by atoms with E-state index in [0.717, 1.165) is 0 Å². The van der Waals surface area contributed by atoms with Gasteiger partial charge in [0, 0.05) is 0 Å². The van der Waals surface area contributed by atoms with E-state index in [1.54, 1.807) is 5.57 Å². The SMILES string of the molecule is CC(=CC(C)(C)C)CC1=CCCC1. The highest BCUT2D eigenvalue weighted by Crippen LogP contribution is 2.26. The summed E-state index contributed by atoms with van der Waals surface area (Å²) in [4.78, 5) is 0. The second kappa shape index (κ2) is 4.13. The van der Waals surface area contributed by atoms with Crippen molar-refractivity contribution in [1.82, 2.24) is 0 Å². The maximum absolute atomic E-state index is 2.42. The van der Waals surface area contributed by atoms with Gasteiger partial charge in [-0.1, -0.05) is 44.1 Å². The van der Waals surface area contributed by atoms with Crippen LogP contribution in [0.1, 0.15) is 53.4 Å². The second-order valence-electron chi connectivity index (χ2n) is 5.29. The summed E-state index contributed by atoms with van der Waals surface area (Å²) in [6, 6.07) is 0. The first-order valence-corrected chi connectivity index (χ1v) is 5.33. The zero-order valence-electron chi connectivity index (χ0n) is 9.48. The van der Waals surface area contributed by atoms with E-state index in [4.69, 9.17) is 0 Å². The van der Waals surface area contributed by atoms with Crippen molar-refractivity contribution in [1.29, 1.82) is 0 Å². The van der Waals surface area contributed by atoms with E-state index in [1.165, 1.54) is 31.3 Å². The molecular formula is C13H22. The molecule has 1 rings (SSSR count). The van der Waals surface area contributed by atoms with Gasteiger partial charge in [0.1, 0.15) is 0 Å². The minimum absolute atomic E-state index is 0.337. The summed E-state index contributed by atoms with van der Waals surface area (Å²) >= 11 is 0. The summed E-state index contributed by atoms with van der Waals surface area (Å²) in [7, 11) is 0. The van der Waals surface area contributed by atoms with E-state index in [9.17, 15) is 0 Å². The minimum Gasteiger partial charge on any atom is -0.0850 e. The van der Waals surface area contributed by atoms with Crippen LogP contribution in [0.3, 0.4) is 0 Å². The van der Waals surface area contributed by atoms with E-state index in [0.29, 0.717) is 5.41 Å². The van der Waals surface area contributed by atoms with Crippen molar-refractivity contribution in [3.63, 3.8) is 0 Å². The van der Waals surface area contributed by atoms with Crippen molar-refractivity contribution in [2.75, 3.05) is 0 Å². The van der Waals surface area contributed by atoms with Crippen molar-refractivity contribution >= 4 is 0 Å². The van der Waals surface area contributed by atoms with Gasteiger partial charge in [-0.05, 0) is 38.0 Å². The van der Waals surface area contributed by atoms with E-state index >= 15 is 0 Å². The van der Waals surface area contributed by atoms with Gasteiger partial charge in [-0.25, -0.2) is 0 Å². The fraction of sp³-hybridized carbons (Fsp3) is 0.692. The summed E-state index contributed by atoms with van der Waals surface area (Å²) in [5, 5.41) is 0. The summed E-state index contributed by atoms with van der Waals surface area (Å²) in [6.45, 7) is 9.04. The van der Waals surface area contributed by atoms with E-state index < -0.39 is 0 Å². The highest BCUT2D eigenvalue weighted by molar-refractivity contribution is 5.18. The Morgan fingerprint density at radius 3 is 2.62 bits per heavy atom.